The number of carboxylic acids is 2. The molecule has 0 heterocycles. The SMILES string of the molecule is Cc1ccc(NC(=O)c2ccccc2-c2ccccc2C(=O)O)c(C(=O)O)c1. The molecule has 0 bridgehead atoms. The minimum Gasteiger partial charge on any atom is -0.478 e. The molecule has 0 aliphatic carbocycles. The summed E-state index contributed by atoms with van der Waals surface area (Å²) in [6.07, 6.45) is 0. The van der Waals surface area contributed by atoms with Crippen LogP contribution in [0.2, 0.25) is 0 Å². The van der Waals surface area contributed by atoms with Crippen molar-refractivity contribution in [1.29, 1.82) is 0 Å². The average Bonchev–Trinajstić information content (AvgIpc) is 2.69. The normalized spacial score (nSPS) is 10.3. The van der Waals surface area contributed by atoms with Crippen LogP contribution < -0.4 is 5.32 Å². The highest BCUT2D eigenvalue weighted by atomic mass is 16.4. The van der Waals surface area contributed by atoms with Crippen molar-refractivity contribution in [3.8, 4) is 11.1 Å². The lowest BCUT2D eigenvalue weighted by Gasteiger charge is -2.13. The van der Waals surface area contributed by atoms with Gasteiger partial charge >= 0.3 is 11.9 Å². The van der Waals surface area contributed by atoms with Gasteiger partial charge in [-0.05, 0) is 42.3 Å². The standard InChI is InChI=1S/C22H17NO5/c1-13-10-11-19(18(12-13)22(27)28)23-20(24)16-8-4-2-6-14(16)15-7-3-5-9-17(15)21(25)26/h2-12H,1H3,(H,23,24)(H,25,26)(H,27,28). The third-order valence-corrected chi connectivity index (χ3v) is 4.27. The molecule has 3 aromatic rings. The van der Waals surface area contributed by atoms with Gasteiger partial charge in [-0.25, -0.2) is 9.59 Å². The molecule has 0 saturated heterocycles. The third-order valence-electron chi connectivity index (χ3n) is 4.27. The first-order valence-electron chi connectivity index (χ1n) is 8.45. The number of carboxylic acid groups (broad SMARTS) is 2. The zero-order valence-electron chi connectivity index (χ0n) is 15.0. The molecule has 0 radical (unpaired) electrons. The van der Waals surface area contributed by atoms with E-state index in [1.807, 2.05) is 0 Å². The molecule has 3 N–H and O–H groups in total. The molecule has 6 heteroatoms. The highest BCUT2D eigenvalue weighted by Crippen LogP contribution is 2.28. The number of amides is 1. The summed E-state index contributed by atoms with van der Waals surface area (Å²) in [4.78, 5) is 35.9. The Kier molecular flexibility index (Phi) is 5.22. The van der Waals surface area contributed by atoms with Crippen LogP contribution in [-0.2, 0) is 0 Å². The van der Waals surface area contributed by atoms with Crippen LogP contribution in [0.15, 0.2) is 66.7 Å². The van der Waals surface area contributed by atoms with Crippen molar-refractivity contribution >= 4 is 23.5 Å². The topological polar surface area (TPSA) is 104 Å². The maximum Gasteiger partial charge on any atom is 0.337 e. The molecule has 0 aliphatic heterocycles. The van der Waals surface area contributed by atoms with Gasteiger partial charge in [0.1, 0.15) is 0 Å². The quantitative estimate of drug-likeness (QED) is 0.616. The van der Waals surface area contributed by atoms with Gasteiger partial charge in [0.05, 0.1) is 16.8 Å². The molecule has 3 rings (SSSR count). The highest BCUT2D eigenvalue weighted by molar-refractivity contribution is 6.12. The molecule has 0 aliphatic rings. The number of anilines is 1. The molecule has 6 nitrogen and oxygen atoms in total. The number of aryl methyl sites for hydroxylation is 1. The number of aromatic carboxylic acids is 2. The first kappa shape index (κ1) is 18.8. The Morgan fingerprint density at radius 3 is 1.86 bits per heavy atom. The summed E-state index contributed by atoms with van der Waals surface area (Å²) < 4.78 is 0. The highest BCUT2D eigenvalue weighted by Gasteiger charge is 2.19. The number of hydrogen-bond acceptors (Lipinski definition) is 3. The summed E-state index contributed by atoms with van der Waals surface area (Å²) in [6, 6.07) is 17.7. The van der Waals surface area contributed by atoms with E-state index in [0.29, 0.717) is 11.1 Å². The van der Waals surface area contributed by atoms with Crippen LogP contribution in [0.4, 0.5) is 5.69 Å². The Morgan fingerprint density at radius 2 is 1.25 bits per heavy atom. The van der Waals surface area contributed by atoms with Crippen molar-refractivity contribution in [3.63, 3.8) is 0 Å². The predicted molar refractivity (Wildman–Crippen MR) is 105 cm³/mol. The molecule has 0 aromatic heterocycles. The number of carbonyl (C=O) groups excluding carboxylic acids is 1. The Labute approximate surface area is 161 Å². The van der Waals surface area contributed by atoms with E-state index in [1.54, 1.807) is 55.5 Å². The van der Waals surface area contributed by atoms with Crippen molar-refractivity contribution in [2.24, 2.45) is 0 Å². The van der Waals surface area contributed by atoms with Crippen molar-refractivity contribution in [2.75, 3.05) is 5.32 Å². The molecule has 1 amide bonds. The molecule has 0 spiro atoms. The largest absolute Gasteiger partial charge is 0.478 e. The Balaban J connectivity index is 2.05. The van der Waals surface area contributed by atoms with E-state index in [0.717, 1.165) is 5.56 Å². The van der Waals surface area contributed by atoms with Gasteiger partial charge in [0.2, 0.25) is 0 Å². The summed E-state index contributed by atoms with van der Waals surface area (Å²) in [5.74, 6) is -2.77. The van der Waals surface area contributed by atoms with Crippen LogP contribution in [0.5, 0.6) is 0 Å². The van der Waals surface area contributed by atoms with Crippen LogP contribution in [0.25, 0.3) is 11.1 Å². The first-order chi connectivity index (χ1) is 13.4. The lowest BCUT2D eigenvalue weighted by Crippen LogP contribution is -2.16. The predicted octanol–water partition coefficient (Wildman–Crippen LogP) is 4.31. The van der Waals surface area contributed by atoms with Gasteiger partial charge in [0, 0.05) is 5.56 Å². The van der Waals surface area contributed by atoms with E-state index in [9.17, 15) is 24.6 Å². The van der Waals surface area contributed by atoms with Crippen LogP contribution in [-0.4, -0.2) is 28.1 Å². The zero-order chi connectivity index (χ0) is 20.3. The van der Waals surface area contributed by atoms with Gasteiger partial charge in [0.25, 0.3) is 5.91 Å². The summed E-state index contributed by atoms with van der Waals surface area (Å²) in [6.45, 7) is 1.76. The minimum atomic E-state index is -1.15. The number of carbonyl (C=O) groups is 3. The number of nitrogens with one attached hydrogen (secondary N) is 1. The summed E-state index contributed by atoms with van der Waals surface area (Å²) >= 11 is 0. The van der Waals surface area contributed by atoms with Gasteiger partial charge in [-0.1, -0.05) is 48.0 Å². The van der Waals surface area contributed by atoms with E-state index < -0.39 is 17.8 Å². The molecule has 28 heavy (non-hydrogen) atoms. The van der Waals surface area contributed by atoms with Gasteiger partial charge in [-0.15, -0.1) is 0 Å². The molecular weight excluding hydrogens is 358 g/mol. The lowest BCUT2D eigenvalue weighted by molar-refractivity contribution is 0.0686. The van der Waals surface area contributed by atoms with Gasteiger partial charge in [-0.3, -0.25) is 4.79 Å². The van der Waals surface area contributed by atoms with Gasteiger partial charge in [0.15, 0.2) is 0 Å². The fraction of sp³-hybridized carbons (Fsp3) is 0.0455. The van der Waals surface area contributed by atoms with Crippen LogP contribution in [0.1, 0.15) is 36.6 Å². The van der Waals surface area contributed by atoms with E-state index in [-0.39, 0.29) is 22.4 Å². The monoisotopic (exact) mass is 375 g/mol. The number of hydrogen-bond donors (Lipinski definition) is 3. The number of benzene rings is 3. The summed E-state index contributed by atoms with van der Waals surface area (Å²) in [7, 11) is 0. The molecule has 0 fully saturated rings. The van der Waals surface area contributed by atoms with Crippen LogP contribution in [0, 0.1) is 6.92 Å². The van der Waals surface area contributed by atoms with Gasteiger partial charge < -0.3 is 15.5 Å². The smallest absolute Gasteiger partial charge is 0.337 e. The number of rotatable bonds is 5. The Hall–Kier alpha value is -3.93. The maximum atomic E-state index is 12.9. The fourth-order valence-electron chi connectivity index (χ4n) is 2.95. The van der Waals surface area contributed by atoms with Crippen molar-refractivity contribution in [2.45, 2.75) is 6.92 Å². The summed E-state index contributed by atoms with van der Waals surface area (Å²) in [5.41, 5.74) is 2.08. The van der Waals surface area contributed by atoms with Crippen molar-refractivity contribution in [1.82, 2.24) is 0 Å². The van der Waals surface area contributed by atoms with E-state index in [2.05, 4.69) is 5.32 Å². The average molecular weight is 375 g/mol. The molecule has 0 atom stereocenters. The molecule has 140 valence electrons. The Bertz CT molecular complexity index is 1090. The second-order valence-corrected chi connectivity index (χ2v) is 6.20. The molecule has 0 unspecified atom stereocenters. The van der Waals surface area contributed by atoms with E-state index >= 15 is 0 Å². The third kappa shape index (κ3) is 3.76. The fourth-order valence-corrected chi connectivity index (χ4v) is 2.95. The Morgan fingerprint density at radius 1 is 0.714 bits per heavy atom. The van der Waals surface area contributed by atoms with Crippen LogP contribution >= 0.6 is 0 Å². The first-order valence-corrected chi connectivity index (χ1v) is 8.45. The molecular formula is C22H17NO5. The summed E-state index contributed by atoms with van der Waals surface area (Å²) in [5, 5.41) is 21.5. The minimum absolute atomic E-state index is 0.0169. The van der Waals surface area contributed by atoms with Crippen LogP contribution in [0.3, 0.4) is 0 Å². The van der Waals surface area contributed by atoms with Gasteiger partial charge in [-0.2, -0.15) is 0 Å². The van der Waals surface area contributed by atoms with E-state index in [1.165, 1.54) is 18.2 Å². The maximum absolute atomic E-state index is 12.9. The van der Waals surface area contributed by atoms with E-state index in [4.69, 9.17) is 0 Å². The molecule has 3 aromatic carbocycles. The second-order valence-electron chi connectivity index (χ2n) is 6.20. The molecule has 0 saturated carbocycles. The van der Waals surface area contributed by atoms with Crippen molar-refractivity contribution in [3.05, 3.63) is 89.0 Å². The second kappa shape index (κ2) is 7.75. The van der Waals surface area contributed by atoms with Crippen molar-refractivity contribution < 1.29 is 24.6 Å². The lowest BCUT2D eigenvalue weighted by atomic mass is 9.95. The zero-order valence-corrected chi connectivity index (χ0v) is 15.0.